The molecule has 1 aliphatic rings. The van der Waals surface area contributed by atoms with Crippen LogP contribution in [0.25, 0.3) is 0 Å². The molecule has 1 aromatic heterocycles. The Morgan fingerprint density at radius 1 is 1.15 bits per heavy atom. The fourth-order valence-corrected chi connectivity index (χ4v) is 4.15. The number of methoxy groups -OCH3 is 2. The largest absolute Gasteiger partial charge is 0.465 e. The molecule has 2 unspecified atom stereocenters. The molecular weight excluding hydrogens is 360 g/mol. The van der Waals surface area contributed by atoms with Gasteiger partial charge in [0.05, 0.1) is 38.5 Å². The van der Waals surface area contributed by atoms with Crippen LogP contribution in [-0.2, 0) is 19.0 Å². The first-order valence-corrected chi connectivity index (χ1v) is 9.06. The van der Waals surface area contributed by atoms with Gasteiger partial charge in [0.2, 0.25) is 5.91 Å². The second-order valence-electron chi connectivity index (χ2n) is 6.24. The van der Waals surface area contributed by atoms with Crippen molar-refractivity contribution in [3.8, 4) is 0 Å². The summed E-state index contributed by atoms with van der Waals surface area (Å²) >= 11 is 1.00. The highest BCUT2D eigenvalue weighted by Gasteiger charge is 2.28. The summed E-state index contributed by atoms with van der Waals surface area (Å²) in [6.45, 7) is 7.01. The maximum atomic E-state index is 12.5. The van der Waals surface area contributed by atoms with Crippen molar-refractivity contribution in [3.63, 3.8) is 0 Å². The van der Waals surface area contributed by atoms with Crippen LogP contribution in [0.5, 0.6) is 0 Å². The molecule has 1 N–H and O–H groups in total. The van der Waals surface area contributed by atoms with Gasteiger partial charge in [-0.15, -0.1) is 11.3 Å². The summed E-state index contributed by atoms with van der Waals surface area (Å²) in [7, 11) is 2.51. The Labute approximate surface area is 156 Å². The van der Waals surface area contributed by atoms with E-state index in [1.54, 1.807) is 6.92 Å². The van der Waals surface area contributed by atoms with Crippen molar-refractivity contribution >= 4 is 34.2 Å². The van der Waals surface area contributed by atoms with Gasteiger partial charge in [-0.2, -0.15) is 0 Å². The molecule has 26 heavy (non-hydrogen) atoms. The van der Waals surface area contributed by atoms with E-state index in [0.717, 1.165) is 11.3 Å². The number of amides is 1. The molecule has 2 rings (SSSR count). The van der Waals surface area contributed by atoms with Crippen LogP contribution in [0.2, 0.25) is 0 Å². The summed E-state index contributed by atoms with van der Waals surface area (Å²) in [6.07, 6.45) is 0.0965. The Balaban J connectivity index is 2.18. The van der Waals surface area contributed by atoms with E-state index in [0.29, 0.717) is 18.7 Å². The number of carbonyl (C=O) groups is 3. The highest BCUT2D eigenvalue weighted by molar-refractivity contribution is 7.18. The van der Waals surface area contributed by atoms with Crippen LogP contribution in [0.3, 0.4) is 0 Å². The third-order valence-corrected chi connectivity index (χ3v) is 5.21. The van der Waals surface area contributed by atoms with Crippen molar-refractivity contribution < 1.29 is 28.6 Å². The van der Waals surface area contributed by atoms with Gasteiger partial charge in [-0.05, 0) is 26.3 Å². The average Bonchev–Trinajstić information content (AvgIpc) is 2.88. The first-order valence-electron chi connectivity index (χ1n) is 8.24. The summed E-state index contributed by atoms with van der Waals surface area (Å²) in [4.78, 5) is 38.7. The molecule has 0 radical (unpaired) electrons. The van der Waals surface area contributed by atoms with E-state index in [-0.39, 0.29) is 40.1 Å². The fraction of sp³-hybridized carbons (Fsp3) is 0.588. The molecule has 0 bridgehead atoms. The zero-order valence-corrected chi connectivity index (χ0v) is 16.4. The Hall–Kier alpha value is -1.97. The van der Waals surface area contributed by atoms with E-state index in [2.05, 4.69) is 5.32 Å². The van der Waals surface area contributed by atoms with Gasteiger partial charge in [-0.3, -0.25) is 9.69 Å². The third-order valence-electron chi connectivity index (χ3n) is 4.02. The van der Waals surface area contributed by atoms with Crippen LogP contribution in [0.15, 0.2) is 0 Å². The van der Waals surface area contributed by atoms with Gasteiger partial charge in [0, 0.05) is 13.1 Å². The Morgan fingerprint density at radius 3 is 2.27 bits per heavy atom. The van der Waals surface area contributed by atoms with Crippen molar-refractivity contribution in [2.75, 3.05) is 39.2 Å². The minimum absolute atomic E-state index is 0.0482. The van der Waals surface area contributed by atoms with Crippen LogP contribution in [-0.4, -0.2) is 68.8 Å². The molecule has 1 aromatic rings. The molecular formula is C17H24N2O6S. The molecule has 9 heteroatoms. The number of anilines is 1. The quantitative estimate of drug-likeness (QED) is 0.772. The number of thiophene rings is 1. The summed E-state index contributed by atoms with van der Waals surface area (Å²) in [5, 5.41) is 3.02. The van der Waals surface area contributed by atoms with Gasteiger partial charge >= 0.3 is 11.9 Å². The topological polar surface area (TPSA) is 94.2 Å². The maximum absolute atomic E-state index is 12.5. The first-order chi connectivity index (χ1) is 12.3. The molecule has 1 fully saturated rings. The number of nitrogens with zero attached hydrogens (tertiary/aromatic N) is 1. The minimum atomic E-state index is -0.613. The van der Waals surface area contributed by atoms with Gasteiger partial charge in [-0.1, -0.05) is 0 Å². The lowest BCUT2D eigenvalue weighted by atomic mass is 10.1. The molecule has 0 saturated carbocycles. The molecule has 1 amide bonds. The molecule has 2 heterocycles. The van der Waals surface area contributed by atoms with E-state index in [1.807, 2.05) is 18.7 Å². The number of nitrogens with one attached hydrogen (secondary N) is 1. The van der Waals surface area contributed by atoms with E-state index in [4.69, 9.17) is 14.2 Å². The number of ether oxygens (including phenoxy) is 3. The number of morpholine rings is 1. The molecule has 2 atom stereocenters. The van der Waals surface area contributed by atoms with E-state index < -0.39 is 11.9 Å². The fourth-order valence-electron chi connectivity index (χ4n) is 3.02. The minimum Gasteiger partial charge on any atom is -0.465 e. The maximum Gasteiger partial charge on any atom is 0.348 e. The average molecular weight is 384 g/mol. The number of hydrogen-bond acceptors (Lipinski definition) is 8. The lowest BCUT2D eigenvalue weighted by molar-refractivity contribution is -0.121. The molecule has 0 aliphatic carbocycles. The standard InChI is InChI=1S/C17H24N2O6S/c1-9-6-19(7-10(2)25-9)8-12(20)18-15-13(16(21)23-4)11(3)14(26-15)17(22)24-5/h9-10H,6-8H2,1-5H3,(H,18,20). The van der Waals surface area contributed by atoms with E-state index in [9.17, 15) is 14.4 Å². The highest BCUT2D eigenvalue weighted by atomic mass is 32.1. The summed E-state index contributed by atoms with van der Waals surface area (Å²) in [6, 6.07) is 0. The Kier molecular flexibility index (Phi) is 6.74. The molecule has 0 aromatic carbocycles. The normalized spacial score (nSPS) is 20.5. The second-order valence-corrected chi connectivity index (χ2v) is 7.26. The highest BCUT2D eigenvalue weighted by Crippen LogP contribution is 2.34. The molecule has 1 saturated heterocycles. The molecule has 144 valence electrons. The van der Waals surface area contributed by atoms with Crippen molar-refractivity contribution in [2.24, 2.45) is 0 Å². The number of hydrogen-bond donors (Lipinski definition) is 1. The third kappa shape index (κ3) is 4.60. The number of rotatable bonds is 5. The monoisotopic (exact) mass is 384 g/mol. The van der Waals surface area contributed by atoms with Crippen LogP contribution >= 0.6 is 11.3 Å². The summed E-state index contributed by atoms with van der Waals surface area (Å²) in [5.41, 5.74) is 0.604. The zero-order valence-electron chi connectivity index (χ0n) is 15.6. The lowest BCUT2D eigenvalue weighted by Crippen LogP contribution is -2.48. The smallest absolute Gasteiger partial charge is 0.348 e. The predicted octanol–water partition coefficient (Wildman–Crippen LogP) is 1.68. The van der Waals surface area contributed by atoms with E-state index in [1.165, 1.54) is 14.2 Å². The molecule has 0 spiro atoms. The van der Waals surface area contributed by atoms with Crippen molar-refractivity contribution in [2.45, 2.75) is 33.0 Å². The summed E-state index contributed by atoms with van der Waals surface area (Å²) in [5.74, 6) is -1.44. The van der Waals surface area contributed by atoms with Crippen molar-refractivity contribution in [1.82, 2.24) is 4.90 Å². The van der Waals surface area contributed by atoms with E-state index >= 15 is 0 Å². The van der Waals surface area contributed by atoms with Crippen molar-refractivity contribution in [1.29, 1.82) is 0 Å². The Bertz CT molecular complexity index is 692. The molecule has 1 aliphatic heterocycles. The van der Waals surface area contributed by atoms with Crippen LogP contribution in [0.1, 0.15) is 39.4 Å². The van der Waals surface area contributed by atoms with Gasteiger partial charge in [0.1, 0.15) is 9.88 Å². The Morgan fingerprint density at radius 2 is 1.73 bits per heavy atom. The second kappa shape index (κ2) is 8.61. The SMILES string of the molecule is COC(=O)c1sc(NC(=O)CN2CC(C)OC(C)C2)c(C(=O)OC)c1C. The lowest BCUT2D eigenvalue weighted by Gasteiger charge is -2.34. The van der Waals surface area contributed by atoms with Crippen LogP contribution in [0, 0.1) is 6.92 Å². The van der Waals surface area contributed by atoms with Crippen LogP contribution < -0.4 is 5.32 Å². The predicted molar refractivity (Wildman–Crippen MR) is 96.8 cm³/mol. The van der Waals surface area contributed by atoms with Gasteiger partial charge < -0.3 is 19.5 Å². The molecule has 8 nitrogen and oxygen atoms in total. The summed E-state index contributed by atoms with van der Waals surface area (Å²) < 4.78 is 15.2. The van der Waals surface area contributed by atoms with Crippen LogP contribution in [0.4, 0.5) is 5.00 Å². The zero-order chi connectivity index (χ0) is 19.4. The van der Waals surface area contributed by atoms with Gasteiger partial charge in [0.15, 0.2) is 0 Å². The number of carbonyl (C=O) groups excluding carboxylic acids is 3. The van der Waals surface area contributed by atoms with Gasteiger partial charge in [-0.25, -0.2) is 9.59 Å². The van der Waals surface area contributed by atoms with Gasteiger partial charge in [0.25, 0.3) is 0 Å². The number of esters is 2. The van der Waals surface area contributed by atoms with Crippen molar-refractivity contribution in [3.05, 3.63) is 16.0 Å². The first kappa shape index (κ1) is 20.3.